The number of halogens is 1. The smallest absolute Gasteiger partial charge is 0.357 e. The maximum absolute atomic E-state index is 11.8. The number of rotatable bonds is 2. The topological polar surface area (TPSA) is 79.3 Å². The molecule has 20 heavy (non-hydrogen) atoms. The summed E-state index contributed by atoms with van der Waals surface area (Å²) in [5.41, 5.74) is 1.14. The predicted octanol–water partition coefficient (Wildman–Crippen LogP) is 2.97. The number of carboxylic acid groups (broad SMARTS) is 1. The van der Waals surface area contributed by atoms with Crippen molar-refractivity contribution in [3.63, 3.8) is 0 Å². The van der Waals surface area contributed by atoms with Gasteiger partial charge in [-0.1, -0.05) is 23.7 Å². The minimum Gasteiger partial charge on any atom is -0.476 e. The summed E-state index contributed by atoms with van der Waals surface area (Å²) in [6.45, 7) is 0. The third-order valence-electron chi connectivity index (χ3n) is 3.16. The van der Waals surface area contributed by atoms with Gasteiger partial charge in [0.05, 0.1) is 10.6 Å². The number of aromatic carboxylic acids is 1. The van der Waals surface area contributed by atoms with Gasteiger partial charge >= 0.3 is 5.97 Å². The lowest BCUT2D eigenvalue weighted by molar-refractivity contribution is -0.116. The zero-order valence-corrected chi connectivity index (χ0v) is 11.7. The molecule has 1 amide bonds. The van der Waals surface area contributed by atoms with E-state index < -0.39 is 5.97 Å². The minimum atomic E-state index is -1.14. The molecular weight excluding hydrogens is 300 g/mol. The fourth-order valence-corrected chi connectivity index (χ4v) is 3.31. The summed E-state index contributed by atoms with van der Waals surface area (Å²) in [6, 6.07) is 7.19. The van der Waals surface area contributed by atoms with Gasteiger partial charge in [0.15, 0.2) is 5.69 Å². The quantitative estimate of drug-likeness (QED) is 0.894. The number of carboxylic acids is 1. The van der Waals surface area contributed by atoms with E-state index in [4.69, 9.17) is 16.7 Å². The van der Waals surface area contributed by atoms with Gasteiger partial charge in [0.1, 0.15) is 0 Å². The molecule has 0 saturated carbocycles. The first-order valence-corrected chi connectivity index (χ1v) is 6.99. The Hall–Kier alpha value is -1.92. The number of hydrogen-bond acceptors (Lipinski definition) is 4. The summed E-state index contributed by atoms with van der Waals surface area (Å²) in [5.74, 6) is -1.53. The van der Waals surface area contributed by atoms with Crippen molar-refractivity contribution in [3.8, 4) is 0 Å². The number of carbonyl (C=O) groups is 2. The van der Waals surface area contributed by atoms with Gasteiger partial charge in [-0.2, -0.15) is 4.37 Å². The molecule has 0 saturated heterocycles. The van der Waals surface area contributed by atoms with E-state index in [-0.39, 0.29) is 23.9 Å². The number of benzene rings is 1. The number of anilines is 1. The monoisotopic (exact) mass is 308 g/mol. The summed E-state index contributed by atoms with van der Waals surface area (Å²) >= 11 is 6.97. The Morgan fingerprint density at radius 2 is 2.10 bits per heavy atom. The third-order valence-corrected chi connectivity index (χ3v) is 4.38. The van der Waals surface area contributed by atoms with Crippen molar-refractivity contribution in [3.05, 3.63) is 45.4 Å². The third kappa shape index (κ3) is 2.17. The standard InChI is InChI=1S/C13H9ClN2O3S/c14-7-3-1-6(2-4-7)8-5-9(17)15-10-11(13(18)19)16-20-12(8)10/h1-4,8H,5H2,(H,15,17)(H,18,19)/t8-/m0/s1. The first-order chi connectivity index (χ1) is 9.56. The maximum atomic E-state index is 11.8. The number of fused-ring (bicyclic) bond motifs is 1. The number of aromatic nitrogens is 1. The summed E-state index contributed by atoms with van der Waals surface area (Å²) in [4.78, 5) is 23.7. The summed E-state index contributed by atoms with van der Waals surface area (Å²) < 4.78 is 3.93. The highest BCUT2D eigenvalue weighted by atomic mass is 35.5. The SMILES string of the molecule is O=C1C[C@@H](c2ccc(Cl)cc2)c2snc(C(=O)O)c2N1. The van der Waals surface area contributed by atoms with Gasteiger partial charge in [-0.3, -0.25) is 4.79 Å². The number of nitrogens with zero attached hydrogens (tertiary/aromatic N) is 1. The van der Waals surface area contributed by atoms with Crippen molar-refractivity contribution < 1.29 is 14.7 Å². The van der Waals surface area contributed by atoms with Crippen LogP contribution in [0.4, 0.5) is 5.69 Å². The van der Waals surface area contributed by atoms with Crippen LogP contribution in [0.2, 0.25) is 5.02 Å². The van der Waals surface area contributed by atoms with E-state index in [0.717, 1.165) is 22.0 Å². The molecule has 0 unspecified atom stereocenters. The normalized spacial score (nSPS) is 17.4. The van der Waals surface area contributed by atoms with Gasteiger partial charge < -0.3 is 10.4 Å². The minimum absolute atomic E-state index is 0.1000. The van der Waals surface area contributed by atoms with Crippen molar-refractivity contribution in [2.75, 3.05) is 5.32 Å². The van der Waals surface area contributed by atoms with Crippen molar-refractivity contribution in [1.82, 2.24) is 4.37 Å². The molecule has 1 aromatic carbocycles. The molecule has 0 bridgehead atoms. The van der Waals surface area contributed by atoms with Crippen LogP contribution < -0.4 is 5.32 Å². The van der Waals surface area contributed by atoms with Crippen LogP contribution in [0.3, 0.4) is 0 Å². The van der Waals surface area contributed by atoms with Crippen LogP contribution in [0.15, 0.2) is 24.3 Å². The lowest BCUT2D eigenvalue weighted by Crippen LogP contribution is -2.23. The zero-order valence-electron chi connectivity index (χ0n) is 10.1. The Kier molecular flexibility index (Phi) is 3.19. The van der Waals surface area contributed by atoms with E-state index in [9.17, 15) is 9.59 Å². The highest BCUT2D eigenvalue weighted by molar-refractivity contribution is 7.06. The number of carbonyl (C=O) groups excluding carboxylic acids is 1. The average molecular weight is 309 g/mol. The highest BCUT2D eigenvalue weighted by Gasteiger charge is 2.32. The van der Waals surface area contributed by atoms with Crippen LogP contribution in [0.5, 0.6) is 0 Å². The van der Waals surface area contributed by atoms with Crippen molar-refractivity contribution >= 4 is 40.7 Å². The van der Waals surface area contributed by atoms with Crippen molar-refractivity contribution in [2.45, 2.75) is 12.3 Å². The molecule has 7 heteroatoms. The zero-order chi connectivity index (χ0) is 14.3. The van der Waals surface area contributed by atoms with Crippen LogP contribution >= 0.6 is 23.1 Å². The van der Waals surface area contributed by atoms with E-state index in [2.05, 4.69) is 9.69 Å². The van der Waals surface area contributed by atoms with Crippen LogP contribution in [0, 0.1) is 0 Å². The van der Waals surface area contributed by atoms with Gasteiger partial charge in [0.25, 0.3) is 0 Å². The van der Waals surface area contributed by atoms with Gasteiger partial charge in [0, 0.05) is 17.4 Å². The fraction of sp³-hybridized carbons (Fsp3) is 0.154. The number of amides is 1. The average Bonchev–Trinajstić information content (AvgIpc) is 2.82. The number of hydrogen-bond donors (Lipinski definition) is 2. The second-order valence-corrected chi connectivity index (χ2v) is 5.67. The molecule has 0 spiro atoms. The first-order valence-electron chi connectivity index (χ1n) is 5.84. The van der Waals surface area contributed by atoms with Gasteiger partial charge in [-0.15, -0.1) is 0 Å². The van der Waals surface area contributed by atoms with E-state index in [1.165, 1.54) is 0 Å². The second-order valence-electron chi connectivity index (χ2n) is 4.43. The van der Waals surface area contributed by atoms with Crippen LogP contribution in [-0.4, -0.2) is 21.4 Å². The summed E-state index contributed by atoms with van der Waals surface area (Å²) in [7, 11) is 0. The Balaban J connectivity index is 2.09. The molecule has 1 aliphatic rings. The molecule has 1 atom stereocenters. The predicted molar refractivity (Wildman–Crippen MR) is 75.6 cm³/mol. The largest absolute Gasteiger partial charge is 0.476 e. The van der Waals surface area contributed by atoms with Gasteiger partial charge in [-0.25, -0.2) is 4.79 Å². The molecule has 5 nitrogen and oxygen atoms in total. The van der Waals surface area contributed by atoms with E-state index in [1.807, 2.05) is 12.1 Å². The molecule has 1 aromatic heterocycles. The van der Waals surface area contributed by atoms with Gasteiger partial charge in [-0.05, 0) is 29.2 Å². The first kappa shape index (κ1) is 13.1. The van der Waals surface area contributed by atoms with Gasteiger partial charge in [0.2, 0.25) is 5.91 Å². The molecule has 3 rings (SSSR count). The summed E-state index contributed by atoms with van der Waals surface area (Å²) in [5, 5.41) is 12.3. The molecule has 1 aliphatic heterocycles. The van der Waals surface area contributed by atoms with Crippen LogP contribution in [0.1, 0.15) is 33.3 Å². The van der Waals surface area contributed by atoms with Crippen LogP contribution in [0.25, 0.3) is 0 Å². The Morgan fingerprint density at radius 3 is 2.75 bits per heavy atom. The maximum Gasteiger partial charge on any atom is 0.357 e. The van der Waals surface area contributed by atoms with E-state index in [1.54, 1.807) is 12.1 Å². The molecule has 0 radical (unpaired) electrons. The fourth-order valence-electron chi connectivity index (χ4n) is 2.24. The lowest BCUT2D eigenvalue weighted by Gasteiger charge is -2.22. The molecule has 2 aromatic rings. The molecular formula is C13H9ClN2O3S. The molecule has 0 aliphatic carbocycles. The molecule has 2 heterocycles. The van der Waals surface area contributed by atoms with Crippen molar-refractivity contribution in [2.24, 2.45) is 0 Å². The highest BCUT2D eigenvalue weighted by Crippen LogP contribution is 2.41. The summed E-state index contributed by atoms with van der Waals surface area (Å²) in [6.07, 6.45) is 0.274. The van der Waals surface area contributed by atoms with E-state index >= 15 is 0 Å². The molecule has 0 fully saturated rings. The Morgan fingerprint density at radius 1 is 1.40 bits per heavy atom. The molecule has 102 valence electrons. The van der Waals surface area contributed by atoms with Crippen molar-refractivity contribution in [1.29, 1.82) is 0 Å². The van der Waals surface area contributed by atoms with E-state index in [0.29, 0.717) is 10.7 Å². The second kappa shape index (κ2) is 4.88. The Bertz CT molecular complexity index is 696. The lowest BCUT2D eigenvalue weighted by atomic mass is 9.90. The molecule has 2 N–H and O–H groups in total. The number of nitrogens with one attached hydrogen (secondary N) is 1. The van der Waals surface area contributed by atoms with Crippen LogP contribution in [-0.2, 0) is 4.79 Å². The Labute approximate surface area is 123 Å².